The molecule has 446 valence electrons. The van der Waals surface area contributed by atoms with Crippen molar-refractivity contribution in [1.29, 1.82) is 0 Å². The summed E-state index contributed by atoms with van der Waals surface area (Å²) in [5.41, 5.74) is 2.01. The number of carboxylic acids is 4. The van der Waals surface area contributed by atoms with Crippen molar-refractivity contribution >= 4 is 82.0 Å². The maximum Gasteiger partial charge on any atom is 0.326 e. The molecule has 15 N–H and O–H groups in total. The summed E-state index contributed by atoms with van der Waals surface area (Å²) in [6.07, 6.45) is -1.27. The van der Waals surface area contributed by atoms with E-state index in [4.69, 9.17) is 0 Å². The van der Waals surface area contributed by atoms with Crippen molar-refractivity contribution in [1.82, 2.24) is 52.8 Å². The van der Waals surface area contributed by atoms with Gasteiger partial charge in [-0.25, -0.2) is 4.79 Å². The number of phenols is 1. The fourth-order valence-electron chi connectivity index (χ4n) is 9.09. The molecule has 4 aromatic rings. The van der Waals surface area contributed by atoms with Gasteiger partial charge in [-0.1, -0.05) is 74.5 Å². The highest BCUT2D eigenvalue weighted by Gasteiger charge is 2.36. The van der Waals surface area contributed by atoms with Gasteiger partial charge in [0.2, 0.25) is 47.3 Å². The average Bonchev–Trinajstić information content (AvgIpc) is 4.23. The molecule has 1 aliphatic heterocycles. The first-order valence-electron chi connectivity index (χ1n) is 26.8. The van der Waals surface area contributed by atoms with E-state index in [0.29, 0.717) is 47.0 Å². The Labute approximate surface area is 475 Å². The number of carboxylic acid groups (broad SMARTS) is 4. The molecule has 8 atom stereocenters. The lowest BCUT2D eigenvalue weighted by atomic mass is 10.00. The van der Waals surface area contributed by atoms with E-state index in [-0.39, 0.29) is 43.8 Å². The molecular formula is C56H70N10O17. The zero-order valence-corrected chi connectivity index (χ0v) is 45.6. The van der Waals surface area contributed by atoms with Crippen LogP contribution in [0.2, 0.25) is 0 Å². The van der Waals surface area contributed by atoms with Gasteiger partial charge < -0.3 is 78.4 Å². The van der Waals surface area contributed by atoms with Crippen molar-refractivity contribution in [3.63, 3.8) is 0 Å². The Bertz CT molecular complexity index is 2960. The second-order valence-electron chi connectivity index (χ2n) is 20.4. The molecule has 27 heteroatoms. The Morgan fingerprint density at radius 1 is 0.542 bits per heavy atom. The Morgan fingerprint density at radius 3 is 1.59 bits per heavy atom. The first kappa shape index (κ1) is 64.4. The lowest BCUT2D eigenvalue weighted by Crippen LogP contribution is -2.60. The van der Waals surface area contributed by atoms with E-state index in [1.807, 2.05) is 0 Å². The van der Waals surface area contributed by atoms with E-state index in [1.165, 1.54) is 24.3 Å². The van der Waals surface area contributed by atoms with Crippen molar-refractivity contribution in [3.8, 4) is 5.75 Å². The molecule has 0 radical (unpaired) electrons. The number of aliphatic carboxylic acids is 4. The van der Waals surface area contributed by atoms with Crippen LogP contribution in [0.25, 0.3) is 10.9 Å². The summed E-state index contributed by atoms with van der Waals surface area (Å²) in [7, 11) is 0. The maximum absolute atomic E-state index is 14.6. The van der Waals surface area contributed by atoms with Gasteiger partial charge in [-0.05, 0) is 79.5 Å². The van der Waals surface area contributed by atoms with Crippen molar-refractivity contribution in [2.45, 2.75) is 133 Å². The minimum Gasteiger partial charge on any atom is -0.508 e. The van der Waals surface area contributed by atoms with Crippen LogP contribution in [0.5, 0.6) is 5.75 Å². The van der Waals surface area contributed by atoms with Crippen molar-refractivity contribution in [2.75, 3.05) is 13.1 Å². The number of hydrogen-bond donors (Lipinski definition) is 15. The third kappa shape index (κ3) is 21.2. The minimum absolute atomic E-state index is 0.0311. The number of benzene rings is 3. The standard InChI is InChI=1S/C56H70N10O17/c1-30(2)23-44(56(82)83)66-54(80)42(26-33-28-58-36-12-7-6-11-35(33)36)65-51(77)39(19-21-47(71)72)62-52(78)40(24-31-9-4-3-5-10-31)63-53(79)41(25-32-14-16-34(67)17-15-32)64-55(81)43(27-48(73)74)60-45(68)29-59-49(75)38(18-20-46(69)70)61-50(76)37-13-8-22-57-37/h3-7,9-12,14-17,28,30,37-44,57-58,67H,8,13,18-27,29H2,1-2H3,(H,59,75)(H,60,68)(H,61,76)(H,62,78)(H,63,79)(H,64,81)(H,65,77)(H,66,80)(H,69,70)(H,71,72)(H,73,74)(H,82,83)/t37-,38-,39-,40-,41-,42-,43-,44-/m0/s1. The van der Waals surface area contributed by atoms with Gasteiger partial charge in [0.25, 0.3) is 0 Å². The molecule has 1 aliphatic rings. The van der Waals surface area contributed by atoms with Crippen LogP contribution in [0.3, 0.4) is 0 Å². The van der Waals surface area contributed by atoms with E-state index in [1.54, 1.807) is 74.6 Å². The Morgan fingerprint density at radius 2 is 1.05 bits per heavy atom. The van der Waals surface area contributed by atoms with Gasteiger partial charge in [0.15, 0.2) is 0 Å². The van der Waals surface area contributed by atoms with E-state index >= 15 is 0 Å². The number of aromatic nitrogens is 1. The van der Waals surface area contributed by atoms with Gasteiger partial charge in [-0.2, -0.15) is 0 Å². The highest BCUT2D eigenvalue weighted by atomic mass is 16.4. The third-order valence-corrected chi connectivity index (χ3v) is 13.4. The smallest absolute Gasteiger partial charge is 0.326 e. The fraction of sp³-hybridized carbons (Fsp3) is 0.429. The van der Waals surface area contributed by atoms with Crippen LogP contribution in [0.1, 0.15) is 81.9 Å². The first-order valence-corrected chi connectivity index (χ1v) is 26.8. The second kappa shape index (κ2) is 31.6. The number of carbonyl (C=O) groups is 12. The van der Waals surface area contributed by atoms with Crippen LogP contribution in [0.15, 0.2) is 85.1 Å². The number of aromatic hydroxyl groups is 1. The highest BCUT2D eigenvalue weighted by molar-refractivity contribution is 5.99. The summed E-state index contributed by atoms with van der Waals surface area (Å²) in [6, 6.07) is 8.71. The third-order valence-electron chi connectivity index (χ3n) is 13.4. The zero-order valence-electron chi connectivity index (χ0n) is 45.6. The molecule has 1 saturated heterocycles. The monoisotopic (exact) mass is 1150 g/mol. The zero-order chi connectivity index (χ0) is 60.8. The van der Waals surface area contributed by atoms with Crippen LogP contribution in [-0.2, 0) is 76.8 Å². The number of rotatable bonds is 33. The molecule has 2 heterocycles. The number of H-pyrrole nitrogens is 1. The first-order chi connectivity index (χ1) is 39.4. The molecule has 5 rings (SSSR count). The molecule has 27 nitrogen and oxygen atoms in total. The van der Waals surface area contributed by atoms with Gasteiger partial charge >= 0.3 is 23.9 Å². The fourth-order valence-corrected chi connectivity index (χ4v) is 9.09. The van der Waals surface area contributed by atoms with E-state index in [2.05, 4.69) is 52.8 Å². The molecule has 83 heavy (non-hydrogen) atoms. The number of hydrogen-bond acceptors (Lipinski definition) is 14. The van der Waals surface area contributed by atoms with Crippen LogP contribution in [0.4, 0.5) is 0 Å². The minimum atomic E-state index is -1.92. The molecular weight excluding hydrogens is 1080 g/mol. The average molecular weight is 1160 g/mol. The lowest BCUT2D eigenvalue weighted by molar-refractivity contribution is -0.143. The number of aromatic amines is 1. The molecule has 1 fully saturated rings. The molecule has 0 spiro atoms. The number of amides is 8. The predicted molar refractivity (Wildman–Crippen MR) is 295 cm³/mol. The van der Waals surface area contributed by atoms with Gasteiger partial charge in [0.1, 0.15) is 48.0 Å². The SMILES string of the molecule is CC(C)C[C@H](NC(=O)[C@H](Cc1c[nH]c2ccccc12)NC(=O)[C@H](CCC(=O)O)NC(=O)[C@H](Cc1ccccc1)NC(=O)[C@H](Cc1ccc(O)cc1)NC(=O)[C@H](CC(=O)O)NC(=O)CNC(=O)[C@H](CCC(=O)O)NC(=O)[C@@H]1CCCN1)C(=O)O. The van der Waals surface area contributed by atoms with Crippen LogP contribution >= 0.6 is 0 Å². The number of nitrogens with one attached hydrogen (secondary N) is 10. The maximum atomic E-state index is 14.6. The molecule has 0 saturated carbocycles. The van der Waals surface area contributed by atoms with Crippen LogP contribution < -0.4 is 47.9 Å². The molecule has 0 aliphatic carbocycles. The normalized spacial score (nSPS) is 15.4. The quantitative estimate of drug-likeness (QED) is 0.0286. The van der Waals surface area contributed by atoms with Crippen molar-refractivity contribution < 1.29 is 83.1 Å². The molecule has 0 unspecified atom stereocenters. The van der Waals surface area contributed by atoms with Gasteiger partial charge in [-0.15, -0.1) is 0 Å². The van der Waals surface area contributed by atoms with E-state index in [9.17, 15) is 83.1 Å². The summed E-state index contributed by atoms with van der Waals surface area (Å²) >= 11 is 0. The number of carbonyl (C=O) groups excluding carboxylic acids is 8. The van der Waals surface area contributed by atoms with Crippen molar-refractivity contribution in [3.05, 3.63) is 102 Å². The second-order valence-corrected chi connectivity index (χ2v) is 20.4. The number of phenolic OH excluding ortho intramolecular Hbond substituents is 1. The molecule has 1 aromatic heterocycles. The number of para-hydroxylation sites is 1. The predicted octanol–water partition coefficient (Wildman–Crippen LogP) is -0.502. The summed E-state index contributed by atoms with van der Waals surface area (Å²) in [5.74, 6) is -13.9. The topological polar surface area (TPSA) is 430 Å². The Kier molecular flexibility index (Phi) is 24.5. The van der Waals surface area contributed by atoms with Gasteiger partial charge in [-0.3, -0.25) is 52.7 Å². The molecule has 8 amide bonds. The summed E-state index contributed by atoms with van der Waals surface area (Å²) in [6.45, 7) is 3.16. The Balaban J connectivity index is 1.40. The summed E-state index contributed by atoms with van der Waals surface area (Å²) in [5, 5.41) is 71.9. The highest BCUT2D eigenvalue weighted by Crippen LogP contribution is 2.20. The van der Waals surface area contributed by atoms with Crippen LogP contribution in [0, 0.1) is 5.92 Å². The van der Waals surface area contributed by atoms with E-state index in [0.717, 1.165) is 0 Å². The van der Waals surface area contributed by atoms with Gasteiger partial charge in [0.05, 0.1) is 19.0 Å². The van der Waals surface area contributed by atoms with Gasteiger partial charge in [0, 0.05) is 49.2 Å². The lowest BCUT2D eigenvalue weighted by Gasteiger charge is -2.27. The van der Waals surface area contributed by atoms with Crippen LogP contribution in [-0.4, -0.2) is 163 Å². The number of fused-ring (bicyclic) bond motifs is 1. The summed E-state index contributed by atoms with van der Waals surface area (Å²) in [4.78, 5) is 162. The van der Waals surface area contributed by atoms with Crippen molar-refractivity contribution in [2.24, 2.45) is 5.92 Å². The van der Waals surface area contributed by atoms with E-state index < -0.39 is 152 Å². The Hall–Kier alpha value is -9.40. The summed E-state index contributed by atoms with van der Waals surface area (Å²) < 4.78 is 0. The molecule has 0 bridgehead atoms. The molecule has 3 aromatic carbocycles. The largest absolute Gasteiger partial charge is 0.508 e.